The predicted molar refractivity (Wildman–Crippen MR) is 111 cm³/mol. The molecule has 30 heavy (non-hydrogen) atoms. The Morgan fingerprint density at radius 3 is 2.37 bits per heavy atom. The summed E-state index contributed by atoms with van der Waals surface area (Å²) in [5.74, 6) is -1.23. The monoisotopic (exact) mass is 409 g/mol. The van der Waals surface area contributed by atoms with E-state index in [0.717, 1.165) is 11.4 Å². The fourth-order valence-electron chi connectivity index (χ4n) is 3.09. The zero-order valence-corrected chi connectivity index (χ0v) is 16.9. The molecule has 156 valence electrons. The molecule has 2 aromatic heterocycles. The van der Waals surface area contributed by atoms with Gasteiger partial charge in [-0.2, -0.15) is 5.10 Å². The third kappa shape index (κ3) is 5.13. The third-order valence-electron chi connectivity index (χ3n) is 4.31. The van der Waals surface area contributed by atoms with Crippen LogP contribution in [0.15, 0.2) is 53.1 Å². The lowest BCUT2D eigenvalue weighted by Crippen LogP contribution is -2.39. The highest BCUT2D eigenvalue weighted by atomic mass is 16.3. The highest BCUT2D eigenvalue weighted by molar-refractivity contribution is 6.39. The quantitative estimate of drug-likeness (QED) is 0.540. The number of aromatic nitrogens is 2. The van der Waals surface area contributed by atoms with Crippen molar-refractivity contribution in [2.75, 3.05) is 17.2 Å². The van der Waals surface area contributed by atoms with Crippen molar-refractivity contribution >= 4 is 29.1 Å². The lowest BCUT2D eigenvalue weighted by molar-refractivity contribution is -0.136. The van der Waals surface area contributed by atoms with Gasteiger partial charge in [-0.15, -0.1) is 0 Å². The van der Waals surface area contributed by atoms with E-state index in [1.54, 1.807) is 47.3 Å². The highest BCUT2D eigenvalue weighted by Crippen LogP contribution is 2.20. The topological polar surface area (TPSA) is 118 Å². The van der Waals surface area contributed by atoms with Gasteiger partial charge in [-0.05, 0) is 50.2 Å². The number of hydrogen-bond acceptors (Lipinski definition) is 5. The molecule has 0 bridgehead atoms. The molecule has 0 spiro atoms. The van der Waals surface area contributed by atoms with Crippen LogP contribution in [0.2, 0.25) is 0 Å². The summed E-state index contributed by atoms with van der Waals surface area (Å²) >= 11 is 0. The van der Waals surface area contributed by atoms with E-state index in [2.05, 4.69) is 21.0 Å². The number of nitrogens with zero attached hydrogens (tertiary/aromatic N) is 2. The minimum Gasteiger partial charge on any atom is -0.467 e. The number of carbonyl (C=O) groups excluding carboxylic acids is 3. The molecule has 0 aliphatic rings. The average Bonchev–Trinajstić information content (AvgIpc) is 3.31. The first-order valence-electron chi connectivity index (χ1n) is 9.36. The summed E-state index contributed by atoms with van der Waals surface area (Å²) in [6, 6.07) is 11.6. The number of nitrogens with one attached hydrogen (secondary N) is 3. The van der Waals surface area contributed by atoms with Gasteiger partial charge in [0.1, 0.15) is 11.8 Å². The summed E-state index contributed by atoms with van der Waals surface area (Å²) in [6.45, 7) is 5.29. The fourth-order valence-corrected chi connectivity index (χ4v) is 3.09. The second-order valence-corrected chi connectivity index (χ2v) is 6.83. The largest absolute Gasteiger partial charge is 0.467 e. The minimum absolute atomic E-state index is 0.119. The molecular weight excluding hydrogens is 386 g/mol. The summed E-state index contributed by atoms with van der Waals surface area (Å²) in [5, 5.41) is 12.2. The Morgan fingerprint density at radius 1 is 1.03 bits per heavy atom. The van der Waals surface area contributed by atoms with Crippen molar-refractivity contribution in [1.29, 1.82) is 0 Å². The van der Waals surface area contributed by atoms with Crippen LogP contribution in [-0.2, 0) is 14.4 Å². The van der Waals surface area contributed by atoms with Crippen molar-refractivity contribution in [3.63, 3.8) is 0 Å². The smallest absolute Gasteiger partial charge is 0.313 e. The van der Waals surface area contributed by atoms with Crippen LogP contribution in [0.4, 0.5) is 11.4 Å². The zero-order chi connectivity index (χ0) is 21.7. The summed E-state index contributed by atoms with van der Waals surface area (Å²) in [4.78, 5) is 35.8. The van der Waals surface area contributed by atoms with Gasteiger partial charge in [0, 0.05) is 30.5 Å². The Hall–Kier alpha value is -3.88. The van der Waals surface area contributed by atoms with E-state index in [9.17, 15) is 14.4 Å². The van der Waals surface area contributed by atoms with Crippen LogP contribution in [0.1, 0.15) is 30.1 Å². The first-order valence-corrected chi connectivity index (χ1v) is 9.36. The third-order valence-corrected chi connectivity index (χ3v) is 4.31. The zero-order valence-electron chi connectivity index (χ0n) is 16.9. The molecule has 0 fully saturated rings. The van der Waals surface area contributed by atoms with Crippen molar-refractivity contribution < 1.29 is 18.8 Å². The number of hydrogen-bond donors (Lipinski definition) is 3. The molecule has 0 saturated carbocycles. The molecule has 9 nitrogen and oxygen atoms in total. The van der Waals surface area contributed by atoms with E-state index in [1.807, 2.05) is 19.9 Å². The molecule has 1 aromatic carbocycles. The van der Waals surface area contributed by atoms with E-state index in [4.69, 9.17) is 4.42 Å². The number of benzene rings is 1. The maximum absolute atomic E-state index is 12.4. The number of amides is 3. The highest BCUT2D eigenvalue weighted by Gasteiger charge is 2.22. The van der Waals surface area contributed by atoms with Crippen LogP contribution in [0.5, 0.6) is 0 Å². The second-order valence-electron chi connectivity index (χ2n) is 6.83. The molecular formula is C21H23N5O4. The summed E-state index contributed by atoms with van der Waals surface area (Å²) in [5.41, 5.74) is 2.65. The molecule has 3 amide bonds. The van der Waals surface area contributed by atoms with Gasteiger partial charge in [0.15, 0.2) is 0 Å². The lowest BCUT2D eigenvalue weighted by Gasteiger charge is -2.18. The maximum Gasteiger partial charge on any atom is 0.313 e. The molecule has 1 unspecified atom stereocenters. The van der Waals surface area contributed by atoms with Crippen molar-refractivity contribution in [3.8, 4) is 0 Å². The van der Waals surface area contributed by atoms with Gasteiger partial charge in [-0.3, -0.25) is 19.1 Å². The molecule has 1 atom stereocenters. The molecule has 3 rings (SSSR count). The molecule has 2 heterocycles. The number of aryl methyl sites for hydroxylation is 2. The Labute approximate surface area is 173 Å². The van der Waals surface area contributed by atoms with Crippen LogP contribution >= 0.6 is 0 Å². The molecule has 0 aliphatic carbocycles. The van der Waals surface area contributed by atoms with Crippen molar-refractivity contribution in [2.24, 2.45) is 0 Å². The van der Waals surface area contributed by atoms with Crippen LogP contribution in [0, 0.1) is 13.8 Å². The van der Waals surface area contributed by atoms with Gasteiger partial charge in [-0.25, -0.2) is 0 Å². The molecule has 9 heteroatoms. The Kier molecular flexibility index (Phi) is 6.31. The number of rotatable bonds is 6. The molecule has 3 N–H and O–H groups in total. The number of furan rings is 1. The van der Waals surface area contributed by atoms with Crippen molar-refractivity contribution in [3.05, 3.63) is 65.9 Å². The van der Waals surface area contributed by atoms with Crippen LogP contribution in [0.3, 0.4) is 0 Å². The van der Waals surface area contributed by atoms with Crippen molar-refractivity contribution in [2.45, 2.75) is 26.8 Å². The van der Waals surface area contributed by atoms with E-state index in [0.29, 0.717) is 17.1 Å². The average molecular weight is 409 g/mol. The Bertz CT molecular complexity index is 1060. The first kappa shape index (κ1) is 20.8. The van der Waals surface area contributed by atoms with Gasteiger partial charge < -0.3 is 20.4 Å². The number of carbonyl (C=O) groups is 3. The van der Waals surface area contributed by atoms with Crippen LogP contribution in [-0.4, -0.2) is 34.0 Å². The summed E-state index contributed by atoms with van der Waals surface area (Å²) in [6.07, 6.45) is 1.55. The molecule has 0 radical (unpaired) electrons. The maximum atomic E-state index is 12.4. The van der Waals surface area contributed by atoms with E-state index in [-0.39, 0.29) is 12.5 Å². The van der Waals surface area contributed by atoms with Gasteiger partial charge >= 0.3 is 11.8 Å². The normalized spacial score (nSPS) is 11.6. The predicted octanol–water partition coefficient (Wildman–Crippen LogP) is 2.40. The first-order chi connectivity index (χ1) is 14.3. The molecule has 0 aliphatic heterocycles. The van der Waals surface area contributed by atoms with E-state index >= 15 is 0 Å². The SMILES string of the molecule is CC(=O)Nc1cccc(NC(=O)C(=O)NCC(c2ccco2)n2nc(C)cc2C)c1. The number of anilines is 2. The van der Waals surface area contributed by atoms with E-state index < -0.39 is 17.9 Å². The standard InChI is InChI=1S/C21H23N5O4/c1-13-10-14(2)26(25-13)18(19-8-5-9-30-19)12-22-20(28)21(29)24-17-7-4-6-16(11-17)23-15(3)27/h4-11,18H,12H2,1-3H3,(H,22,28)(H,23,27)(H,24,29). The van der Waals surface area contributed by atoms with Gasteiger partial charge in [-0.1, -0.05) is 6.07 Å². The van der Waals surface area contributed by atoms with Crippen LogP contribution in [0.25, 0.3) is 0 Å². The van der Waals surface area contributed by atoms with Crippen molar-refractivity contribution in [1.82, 2.24) is 15.1 Å². The van der Waals surface area contributed by atoms with E-state index in [1.165, 1.54) is 6.92 Å². The second kappa shape index (κ2) is 9.08. The van der Waals surface area contributed by atoms with Gasteiger partial charge in [0.05, 0.1) is 12.0 Å². The lowest BCUT2D eigenvalue weighted by atomic mass is 10.2. The molecule has 0 saturated heterocycles. The summed E-state index contributed by atoms with van der Waals surface area (Å²) in [7, 11) is 0. The Balaban J connectivity index is 1.66. The summed E-state index contributed by atoms with van der Waals surface area (Å²) < 4.78 is 7.25. The fraction of sp³-hybridized carbons (Fsp3) is 0.238. The van der Waals surface area contributed by atoms with Gasteiger partial charge in [0.2, 0.25) is 5.91 Å². The Morgan fingerprint density at radius 2 is 1.77 bits per heavy atom. The minimum atomic E-state index is -0.818. The molecule has 3 aromatic rings. The van der Waals surface area contributed by atoms with Gasteiger partial charge in [0.25, 0.3) is 0 Å². The van der Waals surface area contributed by atoms with Crippen LogP contribution < -0.4 is 16.0 Å².